The maximum Gasteiger partial charge on any atom is 0.134 e. The first kappa shape index (κ1) is 11.5. The van der Waals surface area contributed by atoms with Crippen molar-refractivity contribution in [1.29, 1.82) is 0 Å². The first-order valence-corrected chi connectivity index (χ1v) is 5.35. The zero-order chi connectivity index (χ0) is 10.7. The van der Waals surface area contributed by atoms with Crippen LogP contribution in [0.1, 0.15) is 24.9 Å². The Morgan fingerprint density at radius 1 is 1.43 bits per heavy atom. The van der Waals surface area contributed by atoms with Gasteiger partial charge < -0.3 is 16.6 Å². The molecule has 0 bridgehead atoms. The van der Waals surface area contributed by atoms with Crippen molar-refractivity contribution >= 4 is 15.9 Å². The third-order valence-corrected chi connectivity index (χ3v) is 2.95. The molecule has 1 rings (SSSR count). The van der Waals surface area contributed by atoms with Crippen molar-refractivity contribution in [2.75, 3.05) is 0 Å². The standard InChI is InChI=1S/C10H15BrN2O/c1-2-8(12)9(13)6-4-3-5-7(11)10(6)14/h3-5,8-9,14H,2,12-13H2,1H3/t8-,9-/m0/s1. The van der Waals surface area contributed by atoms with Crippen molar-refractivity contribution in [3.05, 3.63) is 28.2 Å². The number of aromatic hydroxyl groups is 1. The molecule has 0 saturated heterocycles. The smallest absolute Gasteiger partial charge is 0.134 e. The lowest BCUT2D eigenvalue weighted by Crippen LogP contribution is -2.33. The SMILES string of the molecule is CC[C@H](N)[C@@H](N)c1cccc(Br)c1O. The molecule has 0 saturated carbocycles. The Hall–Kier alpha value is -0.580. The van der Waals surface area contributed by atoms with Gasteiger partial charge in [0.2, 0.25) is 0 Å². The molecule has 2 atom stereocenters. The third kappa shape index (κ3) is 2.26. The lowest BCUT2D eigenvalue weighted by atomic mass is 9.98. The number of phenols is 1. The molecular weight excluding hydrogens is 244 g/mol. The number of hydrogen-bond acceptors (Lipinski definition) is 3. The normalized spacial score (nSPS) is 15.1. The van der Waals surface area contributed by atoms with Crippen molar-refractivity contribution in [1.82, 2.24) is 0 Å². The topological polar surface area (TPSA) is 72.3 Å². The molecule has 0 amide bonds. The molecule has 0 spiro atoms. The molecular formula is C10H15BrN2O. The van der Waals surface area contributed by atoms with E-state index in [1.807, 2.05) is 13.0 Å². The molecule has 5 N–H and O–H groups in total. The first-order valence-electron chi connectivity index (χ1n) is 4.56. The van der Waals surface area contributed by atoms with Gasteiger partial charge in [-0.05, 0) is 28.4 Å². The summed E-state index contributed by atoms with van der Waals surface area (Å²) in [7, 11) is 0. The largest absolute Gasteiger partial charge is 0.506 e. The molecule has 0 fully saturated rings. The monoisotopic (exact) mass is 258 g/mol. The number of para-hydroxylation sites is 1. The summed E-state index contributed by atoms with van der Waals surface area (Å²) in [5, 5.41) is 9.73. The molecule has 4 heteroatoms. The number of phenolic OH excluding ortho intramolecular Hbond substituents is 1. The van der Waals surface area contributed by atoms with E-state index in [1.165, 1.54) is 0 Å². The molecule has 0 radical (unpaired) electrons. The Kier molecular flexibility index (Phi) is 3.92. The molecule has 0 aliphatic rings. The molecule has 3 nitrogen and oxygen atoms in total. The molecule has 0 aromatic heterocycles. The van der Waals surface area contributed by atoms with Crippen molar-refractivity contribution in [3.63, 3.8) is 0 Å². The Labute approximate surface area is 92.2 Å². The molecule has 0 heterocycles. The number of nitrogens with two attached hydrogens (primary N) is 2. The minimum atomic E-state index is -0.322. The highest BCUT2D eigenvalue weighted by Gasteiger charge is 2.17. The van der Waals surface area contributed by atoms with Gasteiger partial charge in [0.15, 0.2) is 0 Å². The third-order valence-electron chi connectivity index (χ3n) is 2.31. The Morgan fingerprint density at radius 3 is 2.64 bits per heavy atom. The Balaban J connectivity index is 3.01. The van der Waals surface area contributed by atoms with Gasteiger partial charge >= 0.3 is 0 Å². The summed E-state index contributed by atoms with van der Waals surface area (Å²) in [5.74, 6) is 0.184. The van der Waals surface area contributed by atoms with Crippen molar-refractivity contribution in [2.24, 2.45) is 11.5 Å². The highest BCUT2D eigenvalue weighted by Crippen LogP contribution is 2.31. The quantitative estimate of drug-likeness (QED) is 0.776. The molecule has 78 valence electrons. The van der Waals surface area contributed by atoms with Crippen LogP contribution in [-0.4, -0.2) is 11.1 Å². The van der Waals surface area contributed by atoms with Crippen LogP contribution in [0.4, 0.5) is 0 Å². The molecule has 0 unspecified atom stereocenters. The minimum Gasteiger partial charge on any atom is -0.506 e. The fourth-order valence-corrected chi connectivity index (χ4v) is 1.67. The fraction of sp³-hybridized carbons (Fsp3) is 0.400. The van der Waals surface area contributed by atoms with Crippen molar-refractivity contribution < 1.29 is 5.11 Å². The number of hydrogen-bond donors (Lipinski definition) is 3. The molecule has 0 aliphatic heterocycles. The molecule has 1 aromatic rings. The predicted molar refractivity (Wildman–Crippen MR) is 61.0 cm³/mol. The van der Waals surface area contributed by atoms with Gasteiger partial charge in [0, 0.05) is 17.6 Å². The van der Waals surface area contributed by atoms with E-state index >= 15 is 0 Å². The summed E-state index contributed by atoms with van der Waals surface area (Å²) in [5.41, 5.74) is 12.4. The first-order chi connectivity index (χ1) is 6.57. The Morgan fingerprint density at radius 2 is 2.07 bits per heavy atom. The second kappa shape index (κ2) is 4.77. The second-order valence-corrected chi connectivity index (χ2v) is 4.13. The summed E-state index contributed by atoms with van der Waals surface area (Å²) in [4.78, 5) is 0. The van der Waals surface area contributed by atoms with Gasteiger partial charge in [-0.15, -0.1) is 0 Å². The van der Waals surface area contributed by atoms with Crippen LogP contribution < -0.4 is 11.5 Å². The molecule has 0 aliphatic carbocycles. The average molecular weight is 259 g/mol. The maximum absolute atomic E-state index is 9.73. The van der Waals surface area contributed by atoms with Crippen molar-refractivity contribution in [3.8, 4) is 5.75 Å². The number of halogens is 1. The molecule has 14 heavy (non-hydrogen) atoms. The van der Waals surface area contributed by atoms with E-state index in [2.05, 4.69) is 15.9 Å². The Bertz CT molecular complexity index is 317. The van der Waals surface area contributed by atoms with E-state index in [4.69, 9.17) is 11.5 Å². The molecule has 1 aromatic carbocycles. The van der Waals surface area contributed by atoms with Crippen LogP contribution in [0.2, 0.25) is 0 Å². The average Bonchev–Trinajstić information content (AvgIpc) is 2.20. The summed E-state index contributed by atoms with van der Waals surface area (Å²) >= 11 is 3.24. The lowest BCUT2D eigenvalue weighted by molar-refractivity contribution is 0.444. The van der Waals surface area contributed by atoms with Crippen molar-refractivity contribution in [2.45, 2.75) is 25.4 Å². The van der Waals surface area contributed by atoms with Crippen LogP contribution >= 0.6 is 15.9 Å². The summed E-state index contributed by atoms with van der Waals surface area (Å²) in [6.45, 7) is 1.97. The van der Waals surface area contributed by atoms with E-state index in [0.717, 1.165) is 6.42 Å². The number of benzene rings is 1. The summed E-state index contributed by atoms with van der Waals surface area (Å²) < 4.78 is 0.647. The van der Waals surface area contributed by atoms with Gasteiger partial charge in [-0.1, -0.05) is 19.1 Å². The summed E-state index contributed by atoms with van der Waals surface area (Å²) in [6.07, 6.45) is 0.785. The predicted octanol–water partition coefficient (Wildman–Crippen LogP) is 1.89. The highest BCUT2D eigenvalue weighted by atomic mass is 79.9. The zero-order valence-electron chi connectivity index (χ0n) is 8.07. The lowest BCUT2D eigenvalue weighted by Gasteiger charge is -2.19. The van der Waals surface area contributed by atoms with Gasteiger partial charge in [0.1, 0.15) is 5.75 Å². The van der Waals surface area contributed by atoms with Crippen LogP contribution in [0.3, 0.4) is 0 Å². The zero-order valence-corrected chi connectivity index (χ0v) is 9.66. The van der Waals surface area contributed by atoms with Gasteiger partial charge in [-0.3, -0.25) is 0 Å². The van der Waals surface area contributed by atoms with Crippen LogP contribution in [0.15, 0.2) is 22.7 Å². The van der Waals surface area contributed by atoms with Gasteiger partial charge in [0.05, 0.1) is 4.47 Å². The van der Waals surface area contributed by atoms with Crippen LogP contribution in [0.5, 0.6) is 5.75 Å². The van der Waals surface area contributed by atoms with Gasteiger partial charge in [-0.2, -0.15) is 0 Å². The minimum absolute atomic E-state index is 0.129. The van der Waals surface area contributed by atoms with E-state index in [0.29, 0.717) is 10.0 Å². The highest BCUT2D eigenvalue weighted by molar-refractivity contribution is 9.10. The fourth-order valence-electron chi connectivity index (χ4n) is 1.29. The van der Waals surface area contributed by atoms with E-state index in [1.54, 1.807) is 12.1 Å². The van der Waals surface area contributed by atoms with Crippen LogP contribution in [0.25, 0.3) is 0 Å². The van der Waals surface area contributed by atoms with Crippen LogP contribution in [0, 0.1) is 0 Å². The number of rotatable bonds is 3. The van der Waals surface area contributed by atoms with Crippen LogP contribution in [-0.2, 0) is 0 Å². The van der Waals surface area contributed by atoms with Gasteiger partial charge in [0.25, 0.3) is 0 Å². The second-order valence-electron chi connectivity index (χ2n) is 3.28. The van der Waals surface area contributed by atoms with E-state index in [-0.39, 0.29) is 17.8 Å². The van der Waals surface area contributed by atoms with Gasteiger partial charge in [-0.25, -0.2) is 0 Å². The van der Waals surface area contributed by atoms with E-state index < -0.39 is 0 Å². The van der Waals surface area contributed by atoms with E-state index in [9.17, 15) is 5.11 Å². The summed E-state index contributed by atoms with van der Waals surface area (Å²) in [6, 6.07) is 4.94. The maximum atomic E-state index is 9.73.